The molecule has 0 atom stereocenters. The van der Waals surface area contributed by atoms with Gasteiger partial charge in [-0.3, -0.25) is 14.7 Å². The van der Waals surface area contributed by atoms with Crippen molar-refractivity contribution >= 4 is 16.9 Å². The Morgan fingerprint density at radius 2 is 2.09 bits per heavy atom. The number of hydrogen-bond acceptors (Lipinski definition) is 6. The summed E-state index contributed by atoms with van der Waals surface area (Å²) in [4.78, 5) is 34.2. The zero-order valence-corrected chi connectivity index (χ0v) is 12.5. The monoisotopic (exact) mass is 314 g/mol. The van der Waals surface area contributed by atoms with E-state index in [4.69, 9.17) is 0 Å². The van der Waals surface area contributed by atoms with E-state index in [1.165, 1.54) is 0 Å². The number of pyridine rings is 1. The number of carbonyl (C=O) groups excluding carboxylic acids is 1. The Hall–Kier alpha value is -3.23. The third kappa shape index (κ3) is 2.89. The fourth-order valence-electron chi connectivity index (χ4n) is 2.32. The fourth-order valence-corrected chi connectivity index (χ4v) is 2.32. The van der Waals surface area contributed by atoms with Gasteiger partial charge in [-0.25, -0.2) is 4.98 Å². The average molecular weight is 314 g/mol. The molecule has 0 saturated heterocycles. The number of aromatic nitrogens is 5. The SMILES string of the molecule is Cc1cc(C(=O)NCc2nc(O)cc(=O)[nH]2)c2c(C)[nH]nc2n1. The Morgan fingerprint density at radius 1 is 1.30 bits per heavy atom. The minimum Gasteiger partial charge on any atom is -0.493 e. The molecule has 0 aliphatic heterocycles. The van der Waals surface area contributed by atoms with Crippen LogP contribution >= 0.6 is 0 Å². The molecule has 0 saturated carbocycles. The Kier molecular flexibility index (Phi) is 3.53. The maximum atomic E-state index is 12.4. The molecule has 0 aliphatic carbocycles. The number of aromatic hydroxyl groups is 1. The summed E-state index contributed by atoms with van der Waals surface area (Å²) in [5.41, 5.74) is 1.81. The van der Waals surface area contributed by atoms with E-state index in [0.29, 0.717) is 22.3 Å². The molecule has 4 N–H and O–H groups in total. The highest BCUT2D eigenvalue weighted by Crippen LogP contribution is 2.19. The van der Waals surface area contributed by atoms with Gasteiger partial charge in [-0.2, -0.15) is 10.1 Å². The van der Waals surface area contributed by atoms with E-state index < -0.39 is 11.4 Å². The molecule has 1 amide bonds. The van der Waals surface area contributed by atoms with Gasteiger partial charge in [0, 0.05) is 11.4 Å². The second-order valence-corrected chi connectivity index (χ2v) is 5.09. The minimum atomic E-state index is -0.491. The molecule has 0 bridgehead atoms. The second kappa shape index (κ2) is 5.52. The third-order valence-electron chi connectivity index (χ3n) is 3.27. The van der Waals surface area contributed by atoms with Gasteiger partial charge in [0.1, 0.15) is 5.82 Å². The number of hydrogen-bond donors (Lipinski definition) is 4. The van der Waals surface area contributed by atoms with Crippen LogP contribution in [0.2, 0.25) is 0 Å². The average Bonchev–Trinajstić information content (AvgIpc) is 2.84. The number of nitrogens with zero attached hydrogens (tertiary/aromatic N) is 3. The van der Waals surface area contributed by atoms with Gasteiger partial charge in [-0.15, -0.1) is 0 Å². The van der Waals surface area contributed by atoms with E-state index in [9.17, 15) is 14.7 Å². The van der Waals surface area contributed by atoms with E-state index in [-0.39, 0.29) is 18.3 Å². The first-order valence-corrected chi connectivity index (χ1v) is 6.84. The van der Waals surface area contributed by atoms with Crippen LogP contribution < -0.4 is 10.9 Å². The van der Waals surface area contributed by atoms with E-state index in [1.807, 2.05) is 0 Å². The maximum Gasteiger partial charge on any atom is 0.254 e. The van der Waals surface area contributed by atoms with Gasteiger partial charge in [0.15, 0.2) is 5.65 Å². The van der Waals surface area contributed by atoms with Crippen molar-refractivity contribution in [2.24, 2.45) is 0 Å². The van der Waals surface area contributed by atoms with Crippen molar-refractivity contribution in [3.8, 4) is 5.88 Å². The minimum absolute atomic E-state index is 0.0256. The normalized spacial score (nSPS) is 10.9. The van der Waals surface area contributed by atoms with E-state index in [2.05, 4.69) is 30.5 Å². The van der Waals surface area contributed by atoms with Crippen molar-refractivity contribution in [1.82, 2.24) is 30.5 Å². The third-order valence-corrected chi connectivity index (χ3v) is 3.27. The maximum absolute atomic E-state index is 12.4. The molecule has 0 spiro atoms. The summed E-state index contributed by atoms with van der Waals surface area (Å²) in [5.74, 6) is -0.587. The molecule has 0 aromatic carbocycles. The lowest BCUT2D eigenvalue weighted by Gasteiger charge is -2.07. The molecule has 0 aliphatic rings. The van der Waals surface area contributed by atoms with Gasteiger partial charge in [0.05, 0.1) is 23.6 Å². The van der Waals surface area contributed by atoms with Gasteiger partial charge in [0.25, 0.3) is 11.5 Å². The lowest BCUT2D eigenvalue weighted by Crippen LogP contribution is -2.25. The molecule has 118 valence electrons. The van der Waals surface area contributed by atoms with Gasteiger partial charge < -0.3 is 15.4 Å². The number of fused-ring (bicyclic) bond motifs is 1. The molecule has 3 heterocycles. The van der Waals surface area contributed by atoms with Crippen LogP contribution in [0.25, 0.3) is 11.0 Å². The molecule has 3 aromatic heterocycles. The zero-order chi connectivity index (χ0) is 16.6. The number of H-pyrrole nitrogens is 2. The van der Waals surface area contributed by atoms with Crippen LogP contribution in [0.4, 0.5) is 0 Å². The number of amides is 1. The van der Waals surface area contributed by atoms with Gasteiger partial charge in [-0.05, 0) is 19.9 Å². The largest absolute Gasteiger partial charge is 0.493 e. The topological polar surface area (TPSA) is 137 Å². The summed E-state index contributed by atoms with van der Waals surface area (Å²) in [6.45, 7) is 3.55. The summed E-state index contributed by atoms with van der Waals surface area (Å²) in [6.07, 6.45) is 0. The molecule has 3 aromatic rings. The molecular formula is C14H14N6O3. The van der Waals surface area contributed by atoms with Gasteiger partial charge >= 0.3 is 0 Å². The molecule has 23 heavy (non-hydrogen) atoms. The Balaban J connectivity index is 1.89. The van der Waals surface area contributed by atoms with Gasteiger partial charge in [0.2, 0.25) is 5.88 Å². The highest BCUT2D eigenvalue weighted by Gasteiger charge is 2.16. The van der Waals surface area contributed by atoms with Crippen molar-refractivity contribution in [3.63, 3.8) is 0 Å². The number of carbonyl (C=O) groups is 1. The molecule has 0 fully saturated rings. The van der Waals surface area contributed by atoms with Crippen LogP contribution in [0.3, 0.4) is 0 Å². The Morgan fingerprint density at radius 3 is 2.83 bits per heavy atom. The van der Waals surface area contributed by atoms with E-state index in [0.717, 1.165) is 11.8 Å². The van der Waals surface area contributed by atoms with Crippen LogP contribution in [-0.2, 0) is 6.54 Å². The van der Waals surface area contributed by atoms with Crippen molar-refractivity contribution < 1.29 is 9.90 Å². The number of nitrogens with one attached hydrogen (secondary N) is 3. The summed E-state index contributed by atoms with van der Waals surface area (Å²) in [6, 6.07) is 2.62. The highest BCUT2D eigenvalue weighted by atomic mass is 16.3. The summed E-state index contributed by atoms with van der Waals surface area (Å²) < 4.78 is 0. The Labute approximate surface area is 129 Å². The Bertz CT molecular complexity index is 959. The predicted molar refractivity (Wildman–Crippen MR) is 81.1 cm³/mol. The van der Waals surface area contributed by atoms with Crippen LogP contribution in [0.1, 0.15) is 27.6 Å². The first-order chi connectivity index (χ1) is 10.9. The molecule has 9 heteroatoms. The van der Waals surface area contributed by atoms with Crippen molar-refractivity contribution in [1.29, 1.82) is 0 Å². The van der Waals surface area contributed by atoms with Gasteiger partial charge in [-0.1, -0.05) is 0 Å². The summed E-state index contributed by atoms with van der Waals surface area (Å²) in [7, 11) is 0. The summed E-state index contributed by atoms with van der Waals surface area (Å²) in [5, 5.41) is 19.5. The smallest absolute Gasteiger partial charge is 0.254 e. The van der Waals surface area contributed by atoms with Crippen LogP contribution in [0.15, 0.2) is 16.9 Å². The van der Waals surface area contributed by atoms with E-state index >= 15 is 0 Å². The van der Waals surface area contributed by atoms with Crippen molar-refractivity contribution in [2.75, 3.05) is 0 Å². The van der Waals surface area contributed by atoms with Crippen molar-refractivity contribution in [2.45, 2.75) is 20.4 Å². The molecule has 9 nitrogen and oxygen atoms in total. The standard InChI is InChI=1S/C14H14N6O3/c1-6-3-8(12-7(2)19-20-13(12)16-6)14(23)15-5-9-17-10(21)4-11(22)18-9/h3-4H,5H2,1-2H3,(H,15,23)(H,16,19,20)(H2,17,18,21,22). The molecule has 0 radical (unpaired) electrons. The lowest BCUT2D eigenvalue weighted by atomic mass is 10.1. The molecule has 0 unspecified atom stereocenters. The first-order valence-electron chi connectivity index (χ1n) is 6.84. The molecule has 3 rings (SSSR count). The number of aromatic amines is 2. The predicted octanol–water partition coefficient (Wildman–Crippen LogP) is 0.294. The quantitative estimate of drug-likeness (QED) is 0.548. The van der Waals surface area contributed by atoms with Crippen LogP contribution in [-0.4, -0.2) is 36.2 Å². The number of aryl methyl sites for hydroxylation is 2. The molecular weight excluding hydrogens is 300 g/mol. The summed E-state index contributed by atoms with van der Waals surface area (Å²) >= 11 is 0. The second-order valence-electron chi connectivity index (χ2n) is 5.09. The van der Waals surface area contributed by atoms with Crippen LogP contribution in [0, 0.1) is 13.8 Å². The lowest BCUT2D eigenvalue weighted by molar-refractivity contribution is 0.0951. The van der Waals surface area contributed by atoms with Crippen molar-refractivity contribution in [3.05, 3.63) is 45.3 Å². The highest BCUT2D eigenvalue weighted by molar-refractivity contribution is 6.06. The van der Waals surface area contributed by atoms with Crippen LogP contribution in [0.5, 0.6) is 5.88 Å². The zero-order valence-electron chi connectivity index (χ0n) is 12.5. The van der Waals surface area contributed by atoms with E-state index in [1.54, 1.807) is 19.9 Å². The number of rotatable bonds is 3. The fraction of sp³-hybridized carbons (Fsp3) is 0.214. The first kappa shape index (κ1) is 14.7.